The van der Waals surface area contributed by atoms with E-state index in [0.717, 1.165) is 11.4 Å². The second-order valence-corrected chi connectivity index (χ2v) is 5.90. The van der Waals surface area contributed by atoms with Crippen molar-refractivity contribution in [3.05, 3.63) is 54.9 Å². The molecule has 2 N–H and O–H groups in total. The third kappa shape index (κ3) is 3.02. The molecule has 0 radical (unpaired) electrons. The first-order chi connectivity index (χ1) is 13.1. The molecule has 0 aliphatic carbocycles. The molecule has 1 unspecified atom stereocenters. The van der Waals surface area contributed by atoms with Crippen LogP contribution in [0.2, 0.25) is 0 Å². The number of fused-ring (bicyclic) bond motifs is 1. The molecule has 0 fully saturated rings. The summed E-state index contributed by atoms with van der Waals surface area (Å²) in [6.45, 7) is 0. The van der Waals surface area contributed by atoms with Gasteiger partial charge in [-0.05, 0) is 17.2 Å². The molecule has 2 aromatic carbocycles. The fourth-order valence-corrected chi connectivity index (χ4v) is 2.90. The van der Waals surface area contributed by atoms with Gasteiger partial charge < -0.3 is 19.9 Å². The van der Waals surface area contributed by atoms with E-state index < -0.39 is 0 Å². The minimum Gasteiger partial charge on any atom is -0.508 e. The van der Waals surface area contributed by atoms with Crippen LogP contribution in [0.1, 0.15) is 0 Å². The summed E-state index contributed by atoms with van der Waals surface area (Å²) in [4.78, 5) is 8.73. The molecule has 0 spiro atoms. The number of benzene rings is 2. The zero-order valence-electron chi connectivity index (χ0n) is 14.8. The van der Waals surface area contributed by atoms with E-state index >= 15 is 0 Å². The third-order valence-electron chi connectivity index (χ3n) is 4.23. The second-order valence-electron chi connectivity index (χ2n) is 5.90. The first kappa shape index (κ1) is 16.8. The average Bonchev–Trinajstić information content (AvgIpc) is 3.07. The van der Waals surface area contributed by atoms with Crippen molar-refractivity contribution in [1.29, 1.82) is 0 Å². The Morgan fingerprint density at radius 2 is 1.70 bits per heavy atom. The molecule has 0 aromatic heterocycles. The number of aliphatic imine (C=N–C) groups is 2. The molecule has 2 aliphatic heterocycles. The lowest BCUT2D eigenvalue weighted by atomic mass is 10.2. The van der Waals surface area contributed by atoms with Crippen molar-refractivity contribution >= 4 is 29.4 Å². The van der Waals surface area contributed by atoms with Crippen LogP contribution in [0.3, 0.4) is 0 Å². The number of ether oxygens (including phenoxy) is 2. The number of phenols is 1. The number of methoxy groups -OCH3 is 2. The maximum absolute atomic E-state index is 9.59. The first-order valence-electron chi connectivity index (χ1n) is 8.22. The number of nitrogens with one attached hydrogen (secondary N) is 1. The van der Waals surface area contributed by atoms with Gasteiger partial charge in [0.15, 0.2) is 11.9 Å². The summed E-state index contributed by atoms with van der Waals surface area (Å²) in [5, 5.41) is 17.5. The van der Waals surface area contributed by atoms with Crippen LogP contribution in [0.5, 0.6) is 17.2 Å². The second kappa shape index (κ2) is 6.58. The number of phenolic OH excluding ortho intramolecular Hbond substituents is 1. The minimum absolute atomic E-state index is 0.0349. The smallest absolute Gasteiger partial charge is 0.287 e. The van der Waals surface area contributed by atoms with E-state index in [-0.39, 0.29) is 10.3 Å². The molecule has 0 saturated heterocycles. The van der Waals surface area contributed by atoms with E-state index in [9.17, 15) is 5.11 Å². The number of hydrogen-bond donors (Lipinski definition) is 2. The van der Waals surface area contributed by atoms with Gasteiger partial charge in [0.2, 0.25) is 0 Å². The van der Waals surface area contributed by atoms with Crippen molar-refractivity contribution in [2.75, 3.05) is 19.5 Å². The minimum atomic E-state index is 0.0349. The number of amidine groups is 1. The lowest BCUT2D eigenvalue weighted by molar-refractivity contribution is 0.395. The van der Waals surface area contributed by atoms with E-state index in [4.69, 9.17) is 14.6 Å². The third-order valence-corrected chi connectivity index (χ3v) is 4.23. The molecular weight excluding hydrogens is 346 g/mol. The Labute approximate surface area is 156 Å². The van der Waals surface area contributed by atoms with Crippen LogP contribution in [0.4, 0.5) is 11.4 Å². The van der Waals surface area contributed by atoms with E-state index in [1.807, 2.05) is 18.3 Å². The van der Waals surface area contributed by atoms with Crippen LogP contribution in [-0.4, -0.2) is 37.3 Å². The quantitative estimate of drug-likeness (QED) is 0.816. The fourth-order valence-electron chi connectivity index (χ4n) is 2.90. The van der Waals surface area contributed by atoms with Crippen LogP contribution in [-0.2, 0) is 0 Å². The number of guanidine groups is 1. The number of rotatable bonds is 4. The predicted octanol–water partition coefficient (Wildman–Crippen LogP) is 3.07. The SMILES string of the molecule is COc1cc(NC2=N[N+]3(c4ccc(O)cc4)C=CN=CC3=N2)cc(OC)c1. The summed E-state index contributed by atoms with van der Waals surface area (Å²) >= 11 is 0. The average molecular weight is 364 g/mol. The number of anilines is 1. The zero-order valence-corrected chi connectivity index (χ0v) is 14.8. The van der Waals surface area contributed by atoms with Gasteiger partial charge in [-0.25, -0.2) is 0 Å². The van der Waals surface area contributed by atoms with Crippen LogP contribution in [0, 0.1) is 0 Å². The summed E-state index contributed by atoms with van der Waals surface area (Å²) in [6, 6.07) is 12.3. The van der Waals surface area contributed by atoms with Crippen molar-refractivity contribution in [3.8, 4) is 17.2 Å². The Hall–Kier alpha value is -3.65. The largest absolute Gasteiger partial charge is 0.508 e. The summed E-state index contributed by atoms with van der Waals surface area (Å²) in [5.41, 5.74) is 1.56. The molecule has 1 atom stereocenters. The Kier molecular flexibility index (Phi) is 4.09. The molecule has 2 aliphatic rings. The lowest BCUT2D eigenvalue weighted by Crippen LogP contribution is -2.44. The zero-order chi connectivity index (χ0) is 18.9. The van der Waals surface area contributed by atoms with Crippen LogP contribution in [0.15, 0.2) is 70.0 Å². The van der Waals surface area contributed by atoms with Crippen LogP contribution < -0.4 is 19.4 Å². The number of nitrogens with zero attached hydrogens (tertiary/aromatic N) is 4. The molecule has 136 valence electrons. The van der Waals surface area contributed by atoms with Gasteiger partial charge in [-0.3, -0.25) is 4.99 Å². The standard InChI is InChI=1S/C19H17N5O3/c1-26-16-9-13(10-17(11-16)27-2)21-19-22-18-12-20-7-8-24(18,23-19)14-3-5-15(25)6-4-14/h3-12H,1-2H3,(H-,21,23,25)/p+1. The van der Waals surface area contributed by atoms with Crippen LogP contribution >= 0.6 is 0 Å². The Balaban J connectivity index is 1.72. The van der Waals surface area contributed by atoms with Crippen LogP contribution in [0.25, 0.3) is 0 Å². The molecule has 2 heterocycles. The number of hydrogen-bond acceptors (Lipinski definition) is 7. The van der Waals surface area contributed by atoms with E-state index in [1.54, 1.807) is 57.0 Å². The monoisotopic (exact) mass is 364 g/mol. The molecule has 8 heteroatoms. The van der Waals surface area contributed by atoms with E-state index in [2.05, 4.69) is 15.3 Å². The summed E-state index contributed by atoms with van der Waals surface area (Å²) in [7, 11) is 3.19. The molecular formula is C19H18N5O3+. The highest BCUT2D eigenvalue weighted by Gasteiger charge is 2.42. The maximum Gasteiger partial charge on any atom is 0.287 e. The van der Waals surface area contributed by atoms with Gasteiger partial charge in [0.1, 0.15) is 23.5 Å². The first-order valence-corrected chi connectivity index (χ1v) is 8.22. The van der Waals surface area contributed by atoms with Gasteiger partial charge in [0.25, 0.3) is 11.8 Å². The Bertz CT molecular complexity index is 973. The van der Waals surface area contributed by atoms with Gasteiger partial charge in [0, 0.05) is 36.0 Å². The van der Waals surface area contributed by atoms with Crippen molar-refractivity contribution in [2.45, 2.75) is 0 Å². The van der Waals surface area contributed by atoms with Gasteiger partial charge >= 0.3 is 0 Å². The molecule has 0 amide bonds. The summed E-state index contributed by atoms with van der Waals surface area (Å²) in [5.74, 6) is 2.57. The van der Waals surface area contributed by atoms with Gasteiger partial charge in [-0.1, -0.05) is 4.59 Å². The predicted molar refractivity (Wildman–Crippen MR) is 106 cm³/mol. The van der Waals surface area contributed by atoms with Gasteiger partial charge in [0.05, 0.1) is 20.4 Å². The van der Waals surface area contributed by atoms with Crippen molar-refractivity contribution in [3.63, 3.8) is 0 Å². The lowest BCUT2D eigenvalue weighted by Gasteiger charge is -2.23. The summed E-state index contributed by atoms with van der Waals surface area (Å²) < 4.78 is 10.6. The molecule has 2 aromatic rings. The molecule has 8 nitrogen and oxygen atoms in total. The fraction of sp³-hybridized carbons (Fsp3) is 0.105. The van der Waals surface area contributed by atoms with Crippen molar-refractivity contribution in [2.24, 2.45) is 15.1 Å². The van der Waals surface area contributed by atoms with Crippen molar-refractivity contribution in [1.82, 2.24) is 4.59 Å². The van der Waals surface area contributed by atoms with Crippen molar-refractivity contribution < 1.29 is 14.6 Å². The molecule has 4 rings (SSSR count). The Morgan fingerprint density at radius 3 is 2.37 bits per heavy atom. The maximum atomic E-state index is 9.59. The highest BCUT2D eigenvalue weighted by Crippen LogP contribution is 2.33. The van der Waals surface area contributed by atoms with E-state index in [0.29, 0.717) is 23.3 Å². The highest BCUT2D eigenvalue weighted by molar-refractivity contribution is 6.38. The van der Waals surface area contributed by atoms with Gasteiger partial charge in [-0.2, -0.15) is 4.99 Å². The summed E-state index contributed by atoms with van der Waals surface area (Å²) in [6.07, 6.45) is 5.16. The molecule has 0 bridgehead atoms. The molecule has 0 saturated carbocycles. The number of aromatic hydroxyl groups is 1. The highest BCUT2D eigenvalue weighted by atomic mass is 16.5. The van der Waals surface area contributed by atoms with E-state index in [1.165, 1.54) is 0 Å². The topological polar surface area (TPSA) is 87.8 Å². The van der Waals surface area contributed by atoms with Gasteiger partial charge in [-0.15, -0.1) is 0 Å². The normalized spacial score (nSPS) is 19.9. The Morgan fingerprint density at radius 1 is 1.00 bits per heavy atom. The number of quaternary nitrogens is 1. The molecule has 27 heavy (non-hydrogen) atoms.